The van der Waals surface area contributed by atoms with Gasteiger partial charge in [-0.2, -0.15) is 0 Å². The number of likely N-dealkylation sites (N-methyl/N-ethyl adjacent to an activating group) is 1. The number of H-pyrrole nitrogens is 1. The molecular weight excluding hydrogens is 264 g/mol. The van der Waals surface area contributed by atoms with Crippen LogP contribution in [0.25, 0.3) is 0 Å². The topological polar surface area (TPSA) is 61.0 Å². The Labute approximate surface area is 118 Å². The van der Waals surface area contributed by atoms with E-state index in [4.69, 9.17) is 11.6 Å². The second-order valence-corrected chi connectivity index (χ2v) is 5.56. The van der Waals surface area contributed by atoms with Crippen LogP contribution in [-0.2, 0) is 0 Å². The molecule has 0 aliphatic heterocycles. The molecule has 2 rings (SSSR count). The van der Waals surface area contributed by atoms with E-state index >= 15 is 0 Å². The maximum atomic E-state index is 11.6. The Morgan fingerprint density at radius 1 is 1.42 bits per heavy atom. The van der Waals surface area contributed by atoms with Crippen LogP contribution < -0.4 is 10.9 Å². The summed E-state index contributed by atoms with van der Waals surface area (Å²) in [6.07, 6.45) is 2.18. The van der Waals surface area contributed by atoms with E-state index in [1.54, 1.807) is 6.92 Å². The summed E-state index contributed by atoms with van der Waals surface area (Å²) in [4.78, 5) is 20.9. The standard InChI is InChI=1S/C13H21ClN4O/c1-4-18(5-2)8-13(6-7-13)17-11-10(14)12(19)16-9(3)15-11/h4-8H2,1-3H3,(H2,15,16,17,19). The molecule has 0 amide bonds. The van der Waals surface area contributed by atoms with E-state index in [0.717, 1.165) is 32.5 Å². The summed E-state index contributed by atoms with van der Waals surface area (Å²) in [7, 11) is 0. The van der Waals surface area contributed by atoms with Gasteiger partial charge in [0.15, 0.2) is 5.82 Å². The van der Waals surface area contributed by atoms with Gasteiger partial charge in [-0.1, -0.05) is 25.4 Å². The average molecular weight is 285 g/mol. The Balaban J connectivity index is 2.15. The molecule has 19 heavy (non-hydrogen) atoms. The minimum absolute atomic E-state index is 0.0306. The Morgan fingerprint density at radius 2 is 2.05 bits per heavy atom. The van der Waals surface area contributed by atoms with Gasteiger partial charge in [-0.15, -0.1) is 0 Å². The van der Waals surface area contributed by atoms with Gasteiger partial charge in [0.1, 0.15) is 10.8 Å². The maximum absolute atomic E-state index is 11.6. The Hall–Kier alpha value is -1.07. The summed E-state index contributed by atoms with van der Waals surface area (Å²) in [5.41, 5.74) is -0.251. The predicted octanol–water partition coefficient (Wildman–Crippen LogP) is 2.02. The number of aromatic amines is 1. The number of hydrogen-bond donors (Lipinski definition) is 2. The molecule has 106 valence electrons. The van der Waals surface area contributed by atoms with Crippen molar-refractivity contribution >= 4 is 17.4 Å². The van der Waals surface area contributed by atoms with Gasteiger partial charge in [-0.05, 0) is 32.9 Å². The van der Waals surface area contributed by atoms with E-state index < -0.39 is 0 Å². The Morgan fingerprint density at radius 3 is 2.58 bits per heavy atom. The molecule has 0 aromatic carbocycles. The molecule has 0 unspecified atom stereocenters. The summed E-state index contributed by atoms with van der Waals surface area (Å²) in [6.45, 7) is 9.08. The molecule has 6 heteroatoms. The first-order valence-electron chi connectivity index (χ1n) is 6.76. The third-order valence-electron chi connectivity index (χ3n) is 3.64. The van der Waals surface area contributed by atoms with E-state index in [1.165, 1.54) is 0 Å². The van der Waals surface area contributed by atoms with Gasteiger partial charge in [0.05, 0.1) is 5.54 Å². The number of hydrogen-bond acceptors (Lipinski definition) is 4. The van der Waals surface area contributed by atoms with Crippen molar-refractivity contribution in [1.29, 1.82) is 0 Å². The highest BCUT2D eigenvalue weighted by Gasteiger charge is 2.44. The van der Waals surface area contributed by atoms with E-state index in [9.17, 15) is 4.79 Å². The van der Waals surface area contributed by atoms with E-state index in [2.05, 4.69) is 34.0 Å². The smallest absolute Gasteiger partial charge is 0.271 e. The number of nitrogens with one attached hydrogen (secondary N) is 2. The molecular formula is C13H21ClN4O. The summed E-state index contributed by atoms with van der Waals surface area (Å²) < 4.78 is 0. The molecule has 0 atom stereocenters. The minimum atomic E-state index is -0.282. The van der Waals surface area contributed by atoms with Gasteiger partial charge in [-0.3, -0.25) is 4.79 Å². The van der Waals surface area contributed by atoms with Crippen molar-refractivity contribution in [2.75, 3.05) is 25.0 Å². The largest absolute Gasteiger partial charge is 0.362 e. The zero-order chi connectivity index (χ0) is 14.0. The van der Waals surface area contributed by atoms with Crippen LogP contribution in [0.2, 0.25) is 5.02 Å². The molecule has 1 fully saturated rings. The Bertz CT molecular complexity index is 506. The average Bonchev–Trinajstić information content (AvgIpc) is 3.12. The molecule has 1 heterocycles. The third-order valence-corrected chi connectivity index (χ3v) is 3.99. The van der Waals surface area contributed by atoms with Crippen molar-refractivity contribution in [2.24, 2.45) is 0 Å². The van der Waals surface area contributed by atoms with Crippen molar-refractivity contribution in [2.45, 2.75) is 39.2 Å². The van der Waals surface area contributed by atoms with E-state index in [1.807, 2.05) is 0 Å². The van der Waals surface area contributed by atoms with Crippen LogP contribution in [0.5, 0.6) is 0 Å². The van der Waals surface area contributed by atoms with Crippen LogP contribution in [0.1, 0.15) is 32.5 Å². The van der Waals surface area contributed by atoms with Gasteiger partial charge in [0.25, 0.3) is 5.56 Å². The fourth-order valence-corrected chi connectivity index (χ4v) is 2.39. The zero-order valence-electron chi connectivity index (χ0n) is 11.7. The number of aromatic nitrogens is 2. The summed E-state index contributed by atoms with van der Waals surface area (Å²) in [6, 6.07) is 0. The van der Waals surface area contributed by atoms with Crippen molar-refractivity contribution in [3.8, 4) is 0 Å². The normalized spacial score (nSPS) is 16.7. The lowest BCUT2D eigenvalue weighted by Crippen LogP contribution is -2.39. The lowest BCUT2D eigenvalue weighted by molar-refractivity contribution is 0.283. The molecule has 0 saturated heterocycles. The molecule has 2 N–H and O–H groups in total. The van der Waals surface area contributed by atoms with Crippen LogP contribution in [0.3, 0.4) is 0 Å². The molecule has 1 saturated carbocycles. The Kier molecular flexibility index (Phi) is 4.16. The molecule has 1 aromatic heterocycles. The highest BCUT2D eigenvalue weighted by atomic mass is 35.5. The van der Waals surface area contributed by atoms with Gasteiger partial charge < -0.3 is 15.2 Å². The molecule has 1 aromatic rings. The fourth-order valence-electron chi connectivity index (χ4n) is 2.25. The fraction of sp³-hybridized carbons (Fsp3) is 0.692. The van der Waals surface area contributed by atoms with Crippen LogP contribution in [0, 0.1) is 6.92 Å². The SMILES string of the molecule is CCN(CC)CC1(Nc2nc(C)[nH]c(=O)c2Cl)CC1. The van der Waals surface area contributed by atoms with Crippen molar-refractivity contribution in [3.63, 3.8) is 0 Å². The van der Waals surface area contributed by atoms with Gasteiger partial charge >= 0.3 is 0 Å². The van der Waals surface area contributed by atoms with E-state index in [-0.39, 0.29) is 16.1 Å². The third kappa shape index (κ3) is 3.28. The maximum Gasteiger partial charge on any atom is 0.271 e. The highest BCUT2D eigenvalue weighted by molar-refractivity contribution is 6.32. The van der Waals surface area contributed by atoms with Crippen LogP contribution in [0.4, 0.5) is 5.82 Å². The number of aryl methyl sites for hydroxylation is 1. The second-order valence-electron chi connectivity index (χ2n) is 5.18. The number of nitrogens with zero attached hydrogens (tertiary/aromatic N) is 2. The molecule has 0 radical (unpaired) electrons. The number of anilines is 1. The van der Waals surface area contributed by atoms with Crippen molar-refractivity contribution in [3.05, 3.63) is 21.2 Å². The lowest BCUT2D eigenvalue weighted by atomic mass is 10.2. The van der Waals surface area contributed by atoms with Gasteiger partial charge in [-0.25, -0.2) is 4.98 Å². The zero-order valence-corrected chi connectivity index (χ0v) is 12.5. The molecule has 5 nitrogen and oxygen atoms in total. The van der Waals surface area contributed by atoms with Crippen LogP contribution in [0.15, 0.2) is 4.79 Å². The number of halogens is 1. The first-order valence-corrected chi connectivity index (χ1v) is 7.14. The second kappa shape index (κ2) is 5.51. The molecule has 0 spiro atoms. The van der Waals surface area contributed by atoms with E-state index in [0.29, 0.717) is 11.6 Å². The first-order chi connectivity index (χ1) is 8.99. The quantitative estimate of drug-likeness (QED) is 0.839. The summed E-state index contributed by atoms with van der Waals surface area (Å²) >= 11 is 6.02. The lowest BCUT2D eigenvalue weighted by Gasteiger charge is -2.26. The molecule has 1 aliphatic rings. The summed E-state index contributed by atoms with van der Waals surface area (Å²) in [5.74, 6) is 1.09. The minimum Gasteiger partial charge on any atom is -0.362 e. The summed E-state index contributed by atoms with van der Waals surface area (Å²) in [5, 5.41) is 3.52. The number of rotatable bonds is 6. The van der Waals surface area contributed by atoms with Crippen molar-refractivity contribution in [1.82, 2.24) is 14.9 Å². The monoisotopic (exact) mass is 284 g/mol. The first kappa shape index (κ1) is 14.3. The van der Waals surface area contributed by atoms with Crippen molar-refractivity contribution < 1.29 is 0 Å². The molecule has 0 bridgehead atoms. The van der Waals surface area contributed by atoms with Crippen LogP contribution in [-0.4, -0.2) is 40.0 Å². The van der Waals surface area contributed by atoms with Gasteiger partial charge in [0.2, 0.25) is 0 Å². The highest BCUT2D eigenvalue weighted by Crippen LogP contribution is 2.40. The predicted molar refractivity (Wildman–Crippen MR) is 78.0 cm³/mol. The van der Waals surface area contributed by atoms with Gasteiger partial charge in [0, 0.05) is 6.54 Å². The van der Waals surface area contributed by atoms with Crippen LogP contribution >= 0.6 is 11.6 Å². The molecule has 1 aliphatic carbocycles.